The second-order valence-electron chi connectivity index (χ2n) is 8.79. The highest BCUT2D eigenvalue weighted by atomic mass is 32.1. The molecule has 2 aliphatic heterocycles. The Bertz CT molecular complexity index is 1350. The predicted molar refractivity (Wildman–Crippen MR) is 129 cm³/mol. The Morgan fingerprint density at radius 2 is 1.68 bits per heavy atom. The van der Waals surface area contributed by atoms with Gasteiger partial charge in [0.05, 0.1) is 39.4 Å². The average Bonchev–Trinajstić information content (AvgIpc) is 3.68. The number of aromatic nitrogens is 1. The van der Waals surface area contributed by atoms with Gasteiger partial charge in [0.25, 0.3) is 0 Å². The van der Waals surface area contributed by atoms with Gasteiger partial charge in [-0.25, -0.2) is 9.78 Å². The molecule has 0 radical (unpaired) electrons. The largest absolute Gasteiger partial charge is 0.493 e. The van der Waals surface area contributed by atoms with Crippen molar-refractivity contribution in [3.05, 3.63) is 57.5 Å². The Labute approximate surface area is 216 Å². The third-order valence-corrected chi connectivity index (χ3v) is 7.63. The molecule has 6 rings (SSSR count). The lowest BCUT2D eigenvalue weighted by Crippen LogP contribution is -2.36. The minimum absolute atomic E-state index is 0.0747. The summed E-state index contributed by atoms with van der Waals surface area (Å²) in [5.74, 6) is -0.0369. The molecule has 0 bridgehead atoms. The zero-order valence-electron chi connectivity index (χ0n) is 20.2. The first-order valence-corrected chi connectivity index (χ1v) is 12.5. The number of benzene rings is 2. The summed E-state index contributed by atoms with van der Waals surface area (Å²) in [7, 11) is 4.60. The maximum atomic E-state index is 13.2. The first kappa shape index (κ1) is 23.4. The molecule has 1 fully saturated rings. The Balaban J connectivity index is 1.54. The fourth-order valence-corrected chi connectivity index (χ4v) is 5.95. The normalized spacial score (nSPS) is 23.1. The van der Waals surface area contributed by atoms with Crippen LogP contribution in [-0.4, -0.2) is 51.7 Å². The number of carbonyl (C=O) groups excluding carboxylic acids is 2. The van der Waals surface area contributed by atoms with Crippen molar-refractivity contribution in [2.24, 2.45) is 11.8 Å². The Morgan fingerprint density at radius 1 is 0.973 bits per heavy atom. The van der Waals surface area contributed by atoms with Crippen LogP contribution in [0, 0.1) is 11.8 Å². The lowest BCUT2D eigenvalue weighted by atomic mass is 9.66. The van der Waals surface area contributed by atoms with Crippen LogP contribution in [0.2, 0.25) is 0 Å². The Morgan fingerprint density at radius 3 is 2.30 bits per heavy atom. The molecule has 0 amide bonds. The van der Waals surface area contributed by atoms with Crippen molar-refractivity contribution in [1.29, 1.82) is 0 Å². The first-order chi connectivity index (χ1) is 18.0. The highest BCUT2D eigenvalue weighted by Gasteiger charge is 2.54. The molecule has 1 aliphatic carbocycles. The van der Waals surface area contributed by atoms with Gasteiger partial charge in [-0.3, -0.25) is 4.79 Å². The maximum absolute atomic E-state index is 13.2. The van der Waals surface area contributed by atoms with E-state index in [1.54, 1.807) is 10.9 Å². The van der Waals surface area contributed by atoms with Crippen LogP contribution in [0.5, 0.6) is 28.7 Å². The minimum Gasteiger partial charge on any atom is -0.493 e. The maximum Gasteiger partial charge on any atom is 0.358 e. The fraction of sp³-hybridized carbons (Fsp3) is 0.346. The lowest BCUT2D eigenvalue weighted by molar-refractivity contribution is -0.141. The fourth-order valence-electron chi connectivity index (χ4n) is 5.43. The summed E-state index contributed by atoms with van der Waals surface area (Å²) >= 11 is 1.30. The van der Waals surface area contributed by atoms with Gasteiger partial charge in [0.1, 0.15) is 6.10 Å². The van der Waals surface area contributed by atoms with Crippen molar-refractivity contribution in [3.63, 3.8) is 0 Å². The number of rotatable bonds is 6. The van der Waals surface area contributed by atoms with Crippen molar-refractivity contribution in [3.8, 4) is 28.7 Å². The summed E-state index contributed by atoms with van der Waals surface area (Å²) in [5.41, 5.74) is 4.00. The van der Waals surface area contributed by atoms with Gasteiger partial charge in [-0.15, -0.1) is 11.3 Å². The van der Waals surface area contributed by atoms with Gasteiger partial charge in [-0.2, -0.15) is 0 Å². The molecule has 4 atom stereocenters. The molecule has 0 N–H and O–H groups in total. The van der Waals surface area contributed by atoms with Gasteiger partial charge >= 0.3 is 11.9 Å². The number of hydrogen-bond donors (Lipinski definition) is 0. The summed E-state index contributed by atoms with van der Waals surface area (Å²) in [4.78, 5) is 30.3. The number of cyclic esters (lactones) is 1. The first-order valence-electron chi connectivity index (χ1n) is 11.5. The van der Waals surface area contributed by atoms with E-state index in [0.29, 0.717) is 34.3 Å². The van der Waals surface area contributed by atoms with Gasteiger partial charge in [-0.05, 0) is 35.4 Å². The Kier molecular flexibility index (Phi) is 5.79. The van der Waals surface area contributed by atoms with Crippen LogP contribution in [0.15, 0.2) is 35.2 Å². The van der Waals surface area contributed by atoms with Gasteiger partial charge in [0.15, 0.2) is 28.7 Å². The van der Waals surface area contributed by atoms with Gasteiger partial charge in [0.2, 0.25) is 12.5 Å². The molecular weight excluding hydrogens is 502 g/mol. The summed E-state index contributed by atoms with van der Waals surface area (Å²) in [6.07, 6.45) is -0.756. The molecule has 1 saturated heterocycles. The van der Waals surface area contributed by atoms with Crippen LogP contribution >= 0.6 is 11.3 Å². The van der Waals surface area contributed by atoms with Crippen molar-refractivity contribution >= 4 is 23.3 Å². The smallest absolute Gasteiger partial charge is 0.358 e. The number of hydrogen-bond acceptors (Lipinski definition) is 11. The van der Waals surface area contributed by atoms with E-state index in [4.69, 9.17) is 33.2 Å². The summed E-state index contributed by atoms with van der Waals surface area (Å²) in [6, 6.07) is 7.31. The van der Waals surface area contributed by atoms with E-state index in [1.807, 2.05) is 24.3 Å². The topological polar surface area (TPSA) is 112 Å². The zero-order valence-corrected chi connectivity index (χ0v) is 21.0. The van der Waals surface area contributed by atoms with Crippen LogP contribution in [0.3, 0.4) is 0 Å². The molecule has 3 aromatic rings. The van der Waals surface area contributed by atoms with Crippen molar-refractivity contribution in [2.75, 3.05) is 34.7 Å². The highest BCUT2D eigenvalue weighted by Crippen LogP contribution is 2.56. The Hall–Kier alpha value is -3.99. The molecule has 10 nitrogen and oxygen atoms in total. The second-order valence-corrected chi connectivity index (χ2v) is 9.51. The molecule has 2 aromatic carbocycles. The molecular formula is C26H23NO9S. The van der Waals surface area contributed by atoms with Crippen LogP contribution < -0.4 is 23.7 Å². The molecule has 3 heterocycles. The third-order valence-electron chi connectivity index (χ3n) is 7.04. The van der Waals surface area contributed by atoms with E-state index in [2.05, 4.69) is 4.98 Å². The quantitative estimate of drug-likeness (QED) is 0.441. The monoisotopic (exact) mass is 525 g/mol. The van der Waals surface area contributed by atoms with Crippen LogP contribution in [0.4, 0.5) is 0 Å². The van der Waals surface area contributed by atoms with Crippen LogP contribution in [-0.2, 0) is 14.3 Å². The summed E-state index contributed by atoms with van der Waals surface area (Å²) in [5, 5.41) is 1.62. The van der Waals surface area contributed by atoms with E-state index >= 15 is 0 Å². The standard InChI is InChI=1S/C26H23NO9S/c1-30-19-4-12(5-20(31-2)24(19)32-3)21-13-6-17-18(35-11-34-17)7-14(13)23(15-8-33-26(29)22(15)21)36-25(28)16-9-37-10-27-16/h4-7,9-10,15,21-23H,8,11H2,1-3H3/t15-,21+,22-,23-/m0/s1. The molecule has 37 heavy (non-hydrogen) atoms. The summed E-state index contributed by atoms with van der Waals surface area (Å²) < 4.78 is 39.5. The molecule has 3 aliphatic rings. The van der Waals surface area contributed by atoms with Crippen LogP contribution in [0.25, 0.3) is 0 Å². The molecule has 192 valence electrons. The van der Waals surface area contributed by atoms with Gasteiger partial charge in [-0.1, -0.05) is 0 Å². The number of methoxy groups -OCH3 is 3. The van der Waals surface area contributed by atoms with E-state index in [-0.39, 0.29) is 25.1 Å². The number of fused-ring (bicyclic) bond motifs is 3. The lowest BCUT2D eigenvalue weighted by Gasteiger charge is -2.38. The van der Waals surface area contributed by atoms with E-state index in [9.17, 15) is 9.59 Å². The molecule has 11 heteroatoms. The number of nitrogens with zero attached hydrogens (tertiary/aromatic N) is 1. The van der Waals surface area contributed by atoms with E-state index in [1.165, 1.54) is 32.7 Å². The molecule has 0 unspecified atom stereocenters. The van der Waals surface area contributed by atoms with Crippen molar-refractivity contribution < 1.29 is 42.7 Å². The molecule has 0 spiro atoms. The highest BCUT2D eigenvalue weighted by molar-refractivity contribution is 7.07. The molecule has 1 aromatic heterocycles. The van der Waals surface area contributed by atoms with Gasteiger partial charge < -0.3 is 33.2 Å². The van der Waals surface area contributed by atoms with Gasteiger partial charge in [0, 0.05) is 22.8 Å². The number of carbonyl (C=O) groups is 2. The van der Waals surface area contributed by atoms with E-state index < -0.39 is 29.8 Å². The van der Waals surface area contributed by atoms with Crippen molar-refractivity contribution in [1.82, 2.24) is 4.98 Å². The average molecular weight is 526 g/mol. The number of esters is 2. The summed E-state index contributed by atoms with van der Waals surface area (Å²) in [6.45, 7) is 0.179. The van der Waals surface area contributed by atoms with Crippen LogP contribution in [0.1, 0.15) is 39.2 Å². The molecule has 0 saturated carbocycles. The SMILES string of the molecule is COc1cc([C@@H]2c3cc4c(cc3[C@H](OC(=O)c3cscn3)[C@H]3COC(=O)[C@H]23)OCO4)cc(OC)c1OC. The minimum atomic E-state index is -0.756. The van der Waals surface area contributed by atoms with Crippen molar-refractivity contribution in [2.45, 2.75) is 12.0 Å². The third kappa shape index (κ3) is 3.72. The zero-order chi connectivity index (χ0) is 25.7. The number of thiazole rings is 1. The number of ether oxygens (including phenoxy) is 7. The predicted octanol–water partition coefficient (Wildman–Crippen LogP) is 3.73. The second kappa shape index (κ2) is 9.15. The van der Waals surface area contributed by atoms with E-state index in [0.717, 1.165) is 11.1 Å².